The predicted octanol–water partition coefficient (Wildman–Crippen LogP) is 5.73. The molecular formula is C33H34ClN7O4S. The molecule has 3 aromatic heterocycles. The highest BCUT2D eigenvalue weighted by molar-refractivity contribution is 7.89. The molecule has 13 heteroatoms. The van der Waals surface area contributed by atoms with Crippen molar-refractivity contribution >= 4 is 44.3 Å². The van der Waals surface area contributed by atoms with E-state index in [1.54, 1.807) is 36.7 Å². The average Bonchev–Trinajstić information content (AvgIpc) is 3.45. The highest BCUT2D eigenvalue weighted by Crippen LogP contribution is 2.37. The molecule has 4 heterocycles. The van der Waals surface area contributed by atoms with Crippen LogP contribution in [0.4, 0.5) is 5.69 Å². The number of carbonyl (C=O) groups excluding carboxylic acids is 1. The van der Waals surface area contributed by atoms with Gasteiger partial charge in [-0.2, -0.15) is 4.31 Å². The summed E-state index contributed by atoms with van der Waals surface area (Å²) in [5.74, 6) is -0.503. The number of hydrogen-bond donors (Lipinski definition) is 1. The van der Waals surface area contributed by atoms with Gasteiger partial charge in [-0.3, -0.25) is 9.78 Å². The van der Waals surface area contributed by atoms with E-state index in [2.05, 4.69) is 25.6 Å². The normalized spacial score (nSPS) is 16.7. The number of pyridine rings is 2. The van der Waals surface area contributed by atoms with Crippen molar-refractivity contribution in [2.75, 3.05) is 11.9 Å². The van der Waals surface area contributed by atoms with Gasteiger partial charge in [0.05, 0.1) is 23.9 Å². The molecule has 0 radical (unpaired) electrons. The van der Waals surface area contributed by atoms with Crippen molar-refractivity contribution in [1.82, 2.24) is 29.3 Å². The maximum Gasteiger partial charge on any atom is 0.248 e. The lowest BCUT2D eigenvalue weighted by Crippen LogP contribution is -2.36. The Morgan fingerprint density at radius 3 is 2.72 bits per heavy atom. The van der Waals surface area contributed by atoms with Crippen molar-refractivity contribution in [1.29, 1.82) is 0 Å². The summed E-state index contributed by atoms with van der Waals surface area (Å²) in [6, 6.07) is 16.1. The number of carbonyl (C=O) groups is 1. The largest absolute Gasteiger partial charge is 0.472 e. The number of amides is 1. The zero-order chi connectivity index (χ0) is 32.4. The fourth-order valence-electron chi connectivity index (χ4n) is 5.84. The van der Waals surface area contributed by atoms with Crippen LogP contribution in [0.3, 0.4) is 0 Å². The van der Waals surface area contributed by atoms with Gasteiger partial charge in [0.2, 0.25) is 21.8 Å². The van der Waals surface area contributed by atoms with E-state index in [9.17, 15) is 13.2 Å². The molecule has 0 saturated heterocycles. The van der Waals surface area contributed by atoms with Gasteiger partial charge in [0, 0.05) is 42.8 Å². The summed E-state index contributed by atoms with van der Waals surface area (Å²) in [7, 11) is -3.95. The Balaban J connectivity index is 1.40. The molecule has 1 amide bonds. The number of anilines is 1. The topological polar surface area (TPSA) is 132 Å². The molecule has 238 valence electrons. The second-order valence-corrected chi connectivity index (χ2v) is 13.5. The second-order valence-electron chi connectivity index (χ2n) is 11.2. The number of rotatable bonds is 9. The van der Waals surface area contributed by atoms with Gasteiger partial charge >= 0.3 is 0 Å². The fourth-order valence-corrected chi connectivity index (χ4v) is 7.54. The second kappa shape index (κ2) is 13.1. The van der Waals surface area contributed by atoms with Crippen LogP contribution >= 0.6 is 11.6 Å². The van der Waals surface area contributed by atoms with Gasteiger partial charge in [0.15, 0.2) is 0 Å². The smallest absolute Gasteiger partial charge is 0.248 e. The molecule has 46 heavy (non-hydrogen) atoms. The molecule has 2 atom stereocenters. The summed E-state index contributed by atoms with van der Waals surface area (Å²) in [5, 5.41) is 12.1. The summed E-state index contributed by atoms with van der Waals surface area (Å²) in [6.45, 7) is 6.76. The van der Waals surface area contributed by atoms with E-state index in [-0.39, 0.29) is 42.3 Å². The minimum atomic E-state index is -3.95. The van der Waals surface area contributed by atoms with Gasteiger partial charge in [-0.05, 0) is 78.9 Å². The number of benzene rings is 2. The van der Waals surface area contributed by atoms with Crippen LogP contribution in [0.15, 0.2) is 78.1 Å². The summed E-state index contributed by atoms with van der Waals surface area (Å²) in [5.41, 5.74) is 5.51. The summed E-state index contributed by atoms with van der Waals surface area (Å²) >= 11 is 6.74. The number of fused-ring (bicyclic) bond motifs is 2. The van der Waals surface area contributed by atoms with Crippen LogP contribution in [0.1, 0.15) is 54.9 Å². The van der Waals surface area contributed by atoms with Crippen LogP contribution in [-0.2, 0) is 27.9 Å². The molecule has 0 saturated carbocycles. The van der Waals surface area contributed by atoms with Crippen LogP contribution < -0.4 is 10.1 Å². The number of aromatic nitrogens is 5. The first-order valence-corrected chi connectivity index (χ1v) is 16.9. The lowest BCUT2D eigenvalue weighted by molar-refractivity contribution is -0.116. The average molecular weight is 660 g/mol. The number of halogens is 1. The lowest BCUT2D eigenvalue weighted by atomic mass is 9.84. The number of aryl methyl sites for hydroxylation is 2. The van der Waals surface area contributed by atoms with Crippen LogP contribution in [0.25, 0.3) is 11.0 Å². The Kier molecular flexibility index (Phi) is 9.03. The first-order valence-electron chi connectivity index (χ1n) is 15.1. The van der Waals surface area contributed by atoms with Crippen molar-refractivity contribution in [3.63, 3.8) is 0 Å². The molecule has 5 aromatic rings. The Labute approximate surface area is 272 Å². The van der Waals surface area contributed by atoms with Crippen molar-refractivity contribution in [3.05, 3.63) is 100 Å². The Morgan fingerprint density at radius 2 is 1.96 bits per heavy atom. The van der Waals surface area contributed by atoms with E-state index in [0.717, 1.165) is 27.7 Å². The summed E-state index contributed by atoms with van der Waals surface area (Å²) in [6.07, 6.45) is 5.07. The number of nitrogens with one attached hydrogen (secondary N) is 1. The molecule has 0 unspecified atom stereocenters. The zero-order valence-corrected chi connectivity index (χ0v) is 27.3. The van der Waals surface area contributed by atoms with E-state index >= 15 is 0 Å². The first-order chi connectivity index (χ1) is 22.2. The van der Waals surface area contributed by atoms with Gasteiger partial charge in [0.1, 0.15) is 16.5 Å². The third-order valence-electron chi connectivity index (χ3n) is 8.31. The number of ether oxygens (including phenoxy) is 1. The van der Waals surface area contributed by atoms with Crippen molar-refractivity contribution in [2.24, 2.45) is 0 Å². The van der Waals surface area contributed by atoms with Crippen LogP contribution in [0.2, 0.25) is 5.02 Å². The van der Waals surface area contributed by atoms with Crippen LogP contribution in [0.5, 0.6) is 5.88 Å². The minimum Gasteiger partial charge on any atom is -0.472 e. The lowest BCUT2D eigenvalue weighted by Gasteiger charge is -2.24. The third-order valence-corrected chi connectivity index (χ3v) is 10.5. The molecule has 2 aromatic carbocycles. The predicted molar refractivity (Wildman–Crippen MR) is 175 cm³/mol. The molecule has 0 spiro atoms. The number of nitrogens with zero attached hydrogens (tertiary/aromatic N) is 6. The van der Waals surface area contributed by atoms with Gasteiger partial charge in [-0.15, -0.1) is 5.10 Å². The monoisotopic (exact) mass is 659 g/mol. The maximum absolute atomic E-state index is 13.8. The van der Waals surface area contributed by atoms with Gasteiger partial charge in [-0.25, -0.2) is 18.1 Å². The molecule has 0 fully saturated rings. The molecule has 0 bridgehead atoms. The van der Waals surface area contributed by atoms with Crippen molar-refractivity contribution in [3.8, 4) is 5.88 Å². The molecule has 11 nitrogen and oxygen atoms in total. The highest BCUT2D eigenvalue weighted by Gasteiger charge is 2.35. The van der Waals surface area contributed by atoms with Crippen molar-refractivity contribution in [2.45, 2.75) is 63.6 Å². The first kappa shape index (κ1) is 31.6. The summed E-state index contributed by atoms with van der Waals surface area (Å²) < 4.78 is 36.9. The van der Waals surface area contributed by atoms with E-state index < -0.39 is 15.9 Å². The van der Waals surface area contributed by atoms with E-state index in [4.69, 9.17) is 16.3 Å². The molecular weight excluding hydrogens is 626 g/mol. The minimum absolute atomic E-state index is 0.0145. The zero-order valence-electron chi connectivity index (χ0n) is 25.7. The molecule has 0 aliphatic carbocycles. The van der Waals surface area contributed by atoms with Crippen LogP contribution in [-0.4, -0.2) is 56.2 Å². The van der Waals surface area contributed by atoms with E-state index in [1.807, 2.05) is 49.7 Å². The molecule has 1 aliphatic rings. The highest BCUT2D eigenvalue weighted by atomic mass is 35.5. The van der Waals surface area contributed by atoms with E-state index in [0.29, 0.717) is 29.2 Å². The Morgan fingerprint density at radius 1 is 1.13 bits per heavy atom. The summed E-state index contributed by atoms with van der Waals surface area (Å²) in [4.78, 5) is 21.8. The van der Waals surface area contributed by atoms with Crippen LogP contribution in [0, 0.1) is 6.92 Å². The van der Waals surface area contributed by atoms with E-state index in [1.165, 1.54) is 16.6 Å². The standard InChI is InChI=1S/C33H34ClN7O4S/c1-4-25-20-40(46(43,44)30-9-7-15-36-33(30)45-25)19-23-16-22(10-12-28(23)34)27(17-31(42)37-24-8-6-14-35-18-24)26-11-13-29-32(21(26)3)38-39-41(29)5-2/h6-16,18,25,27H,4-5,17,19-20H2,1-3H3,(H,37,42)/t25-,27+/m1/s1. The van der Waals surface area contributed by atoms with Gasteiger partial charge in [-0.1, -0.05) is 41.9 Å². The Bertz CT molecular complexity index is 2000. The third kappa shape index (κ3) is 6.20. The van der Waals surface area contributed by atoms with Gasteiger partial charge < -0.3 is 10.1 Å². The number of sulfonamides is 1. The molecule has 1 N–H and O–H groups in total. The van der Waals surface area contributed by atoms with Gasteiger partial charge in [0.25, 0.3) is 0 Å². The fraction of sp³-hybridized carbons (Fsp3) is 0.303. The SMILES string of the molecule is CC[C@@H]1CN(Cc2cc([C@H](CC(=O)Nc3cccnc3)c3ccc4c(nnn4CC)c3C)ccc2Cl)S(=O)(=O)c2cccnc2O1. The van der Waals surface area contributed by atoms with Crippen molar-refractivity contribution < 1.29 is 17.9 Å². The molecule has 1 aliphatic heterocycles. The Hall–Kier alpha value is -4.39. The maximum atomic E-state index is 13.8. The molecule has 6 rings (SSSR count). The quantitative estimate of drug-likeness (QED) is 0.212. The number of hydrogen-bond acceptors (Lipinski definition) is 8.